The Hall–Kier alpha value is -0.800. The van der Waals surface area contributed by atoms with Crippen molar-refractivity contribution < 1.29 is 9.52 Å². The summed E-state index contributed by atoms with van der Waals surface area (Å²) in [6, 6.07) is 4.25. The van der Waals surface area contributed by atoms with Crippen LogP contribution in [0.2, 0.25) is 0 Å². The zero-order valence-corrected chi connectivity index (χ0v) is 7.57. The van der Waals surface area contributed by atoms with Gasteiger partial charge in [-0.25, -0.2) is 0 Å². The van der Waals surface area contributed by atoms with E-state index in [0.717, 1.165) is 25.1 Å². The predicted molar refractivity (Wildman–Crippen MR) is 49.3 cm³/mol. The molecule has 0 spiro atoms. The molecule has 1 fully saturated rings. The van der Waals surface area contributed by atoms with Crippen LogP contribution in [-0.4, -0.2) is 18.3 Å². The summed E-state index contributed by atoms with van der Waals surface area (Å²) < 4.78 is 5.32. The predicted octanol–water partition coefficient (Wildman–Crippen LogP) is 1.31. The smallest absolute Gasteiger partial charge is 0.120 e. The second-order valence-electron chi connectivity index (χ2n) is 3.60. The zero-order valence-electron chi connectivity index (χ0n) is 7.57. The third-order valence-corrected chi connectivity index (χ3v) is 2.66. The Balaban J connectivity index is 1.92. The maximum Gasteiger partial charge on any atom is 0.120 e. The van der Waals surface area contributed by atoms with Gasteiger partial charge in [0.1, 0.15) is 5.76 Å². The first-order chi connectivity index (χ1) is 6.40. The Labute approximate surface area is 77.8 Å². The summed E-state index contributed by atoms with van der Waals surface area (Å²) in [5, 5.41) is 12.3. The van der Waals surface area contributed by atoms with Crippen molar-refractivity contribution in [2.75, 3.05) is 13.2 Å². The van der Waals surface area contributed by atoms with Gasteiger partial charge in [0.05, 0.1) is 12.3 Å². The molecule has 0 radical (unpaired) electrons. The summed E-state index contributed by atoms with van der Waals surface area (Å²) in [6.45, 7) is 1.18. The van der Waals surface area contributed by atoms with Gasteiger partial charge in [0.2, 0.25) is 0 Å². The van der Waals surface area contributed by atoms with E-state index in [9.17, 15) is 0 Å². The van der Waals surface area contributed by atoms with Crippen molar-refractivity contribution in [1.29, 1.82) is 0 Å². The lowest BCUT2D eigenvalue weighted by Gasteiger charge is -2.27. The number of hydrogen-bond acceptors (Lipinski definition) is 3. The van der Waals surface area contributed by atoms with Crippen molar-refractivity contribution in [2.24, 2.45) is 5.92 Å². The number of hydrogen-bond donors (Lipinski definition) is 2. The Morgan fingerprint density at radius 3 is 3.00 bits per heavy atom. The minimum atomic E-state index is 0.290. The maximum absolute atomic E-state index is 8.94. The van der Waals surface area contributed by atoms with Gasteiger partial charge in [0, 0.05) is 13.2 Å². The fourth-order valence-electron chi connectivity index (χ4n) is 1.80. The Kier molecular flexibility index (Phi) is 2.66. The van der Waals surface area contributed by atoms with E-state index in [2.05, 4.69) is 5.32 Å². The van der Waals surface area contributed by atoms with Crippen molar-refractivity contribution in [2.45, 2.75) is 18.9 Å². The number of aliphatic hydroxyl groups excluding tert-OH is 1. The van der Waals surface area contributed by atoms with Crippen LogP contribution in [0.3, 0.4) is 0 Å². The summed E-state index contributed by atoms with van der Waals surface area (Å²) in [5.74, 6) is 1.43. The third-order valence-electron chi connectivity index (χ3n) is 2.66. The molecular formula is C10H15NO2. The molecule has 1 saturated heterocycles. The summed E-state index contributed by atoms with van der Waals surface area (Å²) in [4.78, 5) is 0. The van der Waals surface area contributed by atoms with E-state index < -0.39 is 0 Å². The van der Waals surface area contributed by atoms with Crippen LogP contribution in [0, 0.1) is 5.92 Å². The van der Waals surface area contributed by atoms with Gasteiger partial charge in [-0.05, 0) is 30.9 Å². The molecule has 0 bridgehead atoms. The van der Waals surface area contributed by atoms with Crippen molar-refractivity contribution >= 4 is 0 Å². The Morgan fingerprint density at radius 1 is 1.54 bits per heavy atom. The second kappa shape index (κ2) is 3.94. The molecule has 13 heavy (non-hydrogen) atoms. The van der Waals surface area contributed by atoms with Gasteiger partial charge in [-0.1, -0.05) is 0 Å². The van der Waals surface area contributed by atoms with E-state index in [1.54, 1.807) is 6.26 Å². The van der Waals surface area contributed by atoms with Gasteiger partial charge in [0.25, 0.3) is 0 Å². The van der Waals surface area contributed by atoms with Gasteiger partial charge < -0.3 is 14.8 Å². The van der Waals surface area contributed by atoms with Crippen LogP contribution in [0.5, 0.6) is 0 Å². The van der Waals surface area contributed by atoms with E-state index in [1.165, 1.54) is 0 Å². The van der Waals surface area contributed by atoms with E-state index >= 15 is 0 Å². The monoisotopic (exact) mass is 181 g/mol. The molecular weight excluding hydrogens is 166 g/mol. The SMILES string of the molecule is OCC1CCC(c2ccco2)NC1. The van der Waals surface area contributed by atoms with Gasteiger partial charge in [-0.15, -0.1) is 0 Å². The highest BCUT2D eigenvalue weighted by Gasteiger charge is 2.22. The standard InChI is InChI=1S/C10H15NO2/c12-7-8-3-4-9(11-6-8)10-2-1-5-13-10/h1-2,5,8-9,11-12H,3-4,6-7H2. The molecule has 2 heterocycles. The molecule has 1 aliphatic heterocycles. The van der Waals surface area contributed by atoms with Gasteiger partial charge in [-0.3, -0.25) is 0 Å². The molecule has 2 rings (SSSR count). The summed E-state index contributed by atoms with van der Waals surface area (Å²) >= 11 is 0. The van der Waals surface area contributed by atoms with Gasteiger partial charge >= 0.3 is 0 Å². The topological polar surface area (TPSA) is 45.4 Å². The first kappa shape index (κ1) is 8.78. The number of piperidine rings is 1. The molecule has 2 N–H and O–H groups in total. The molecule has 1 aliphatic rings. The van der Waals surface area contributed by atoms with Crippen molar-refractivity contribution in [3.8, 4) is 0 Å². The summed E-state index contributed by atoms with van der Waals surface area (Å²) in [7, 11) is 0. The lowest BCUT2D eigenvalue weighted by Crippen LogP contribution is -2.34. The number of aliphatic hydroxyl groups is 1. The fourth-order valence-corrected chi connectivity index (χ4v) is 1.80. The van der Waals surface area contributed by atoms with Crippen LogP contribution in [0.15, 0.2) is 22.8 Å². The molecule has 0 amide bonds. The summed E-state index contributed by atoms with van der Waals surface area (Å²) in [5.41, 5.74) is 0. The fraction of sp³-hybridized carbons (Fsp3) is 0.600. The van der Waals surface area contributed by atoms with Crippen LogP contribution in [0.25, 0.3) is 0 Å². The molecule has 2 atom stereocenters. The maximum atomic E-state index is 8.94. The second-order valence-corrected chi connectivity index (χ2v) is 3.60. The number of nitrogens with one attached hydrogen (secondary N) is 1. The Morgan fingerprint density at radius 2 is 2.46 bits per heavy atom. The lowest BCUT2D eigenvalue weighted by atomic mass is 9.94. The first-order valence-corrected chi connectivity index (χ1v) is 4.78. The molecule has 3 heteroatoms. The Bertz CT molecular complexity index is 237. The van der Waals surface area contributed by atoms with E-state index in [-0.39, 0.29) is 6.61 Å². The average molecular weight is 181 g/mol. The van der Waals surface area contributed by atoms with Crippen molar-refractivity contribution in [3.05, 3.63) is 24.2 Å². The highest BCUT2D eigenvalue weighted by Crippen LogP contribution is 2.25. The van der Waals surface area contributed by atoms with Crippen molar-refractivity contribution in [3.63, 3.8) is 0 Å². The molecule has 1 aromatic rings. The average Bonchev–Trinajstić information content (AvgIpc) is 2.71. The number of rotatable bonds is 2. The highest BCUT2D eigenvalue weighted by molar-refractivity contribution is 5.05. The molecule has 2 unspecified atom stereocenters. The number of furan rings is 1. The van der Waals surface area contributed by atoms with Gasteiger partial charge in [-0.2, -0.15) is 0 Å². The van der Waals surface area contributed by atoms with E-state index in [0.29, 0.717) is 12.0 Å². The molecule has 1 aromatic heterocycles. The minimum Gasteiger partial charge on any atom is -0.468 e. The van der Waals surface area contributed by atoms with Crippen LogP contribution >= 0.6 is 0 Å². The quantitative estimate of drug-likeness (QED) is 0.723. The largest absolute Gasteiger partial charge is 0.468 e. The third kappa shape index (κ3) is 1.92. The lowest BCUT2D eigenvalue weighted by molar-refractivity contribution is 0.178. The van der Waals surface area contributed by atoms with E-state index in [1.807, 2.05) is 12.1 Å². The van der Waals surface area contributed by atoms with E-state index in [4.69, 9.17) is 9.52 Å². The van der Waals surface area contributed by atoms with Crippen LogP contribution in [-0.2, 0) is 0 Å². The first-order valence-electron chi connectivity index (χ1n) is 4.78. The molecule has 0 aliphatic carbocycles. The zero-order chi connectivity index (χ0) is 9.10. The summed E-state index contributed by atoms with van der Waals surface area (Å²) in [6.07, 6.45) is 3.84. The molecule has 0 aromatic carbocycles. The van der Waals surface area contributed by atoms with Crippen LogP contribution in [0.4, 0.5) is 0 Å². The molecule has 0 saturated carbocycles. The van der Waals surface area contributed by atoms with Crippen LogP contribution < -0.4 is 5.32 Å². The highest BCUT2D eigenvalue weighted by atomic mass is 16.3. The van der Waals surface area contributed by atoms with Gasteiger partial charge in [0.15, 0.2) is 0 Å². The molecule has 3 nitrogen and oxygen atoms in total. The normalized spacial score (nSPS) is 29.0. The van der Waals surface area contributed by atoms with Crippen molar-refractivity contribution in [1.82, 2.24) is 5.32 Å². The van der Waals surface area contributed by atoms with Crippen LogP contribution in [0.1, 0.15) is 24.6 Å². The minimum absolute atomic E-state index is 0.290. The molecule has 72 valence electrons.